The zero-order valence-corrected chi connectivity index (χ0v) is 23.9. The quantitative estimate of drug-likeness (QED) is 0.477. The van der Waals surface area contributed by atoms with Gasteiger partial charge < -0.3 is 24.2 Å². The van der Waals surface area contributed by atoms with Crippen LogP contribution in [0.25, 0.3) is 0 Å². The van der Waals surface area contributed by atoms with E-state index in [1.807, 2.05) is 46.0 Å². The molecule has 1 unspecified atom stereocenters. The van der Waals surface area contributed by atoms with Gasteiger partial charge in [0.25, 0.3) is 5.91 Å². The predicted octanol–water partition coefficient (Wildman–Crippen LogP) is 3.33. The van der Waals surface area contributed by atoms with Crippen molar-refractivity contribution in [1.29, 1.82) is 0 Å². The Hall–Kier alpha value is -3.92. The number of amides is 4. The summed E-state index contributed by atoms with van der Waals surface area (Å²) in [5.41, 5.74) is 2.89. The molecule has 1 atom stereocenters. The lowest BCUT2D eigenvalue weighted by Crippen LogP contribution is -2.52. The second-order valence-electron chi connectivity index (χ2n) is 11.4. The Bertz CT molecular complexity index is 1270. The van der Waals surface area contributed by atoms with Crippen LogP contribution in [-0.2, 0) is 34.0 Å². The zero-order valence-electron chi connectivity index (χ0n) is 23.9. The topological polar surface area (TPSA) is 108 Å². The van der Waals surface area contributed by atoms with Gasteiger partial charge in [-0.05, 0) is 57.5 Å². The largest absolute Gasteiger partial charge is 0.489 e. The number of carbonyl (C=O) groups excluding carboxylic acids is 4. The minimum atomic E-state index is -0.658. The molecule has 2 aliphatic rings. The molecule has 4 amide bonds. The fraction of sp³-hybridized carbons (Fsp3) is 0.467. The van der Waals surface area contributed by atoms with Gasteiger partial charge in [0.05, 0.1) is 6.54 Å². The molecule has 4 rings (SSSR count). The number of fused-ring (bicyclic) bond motifs is 1. The van der Waals surface area contributed by atoms with Crippen LogP contribution in [0.2, 0.25) is 0 Å². The van der Waals surface area contributed by atoms with E-state index >= 15 is 0 Å². The van der Waals surface area contributed by atoms with Crippen molar-refractivity contribution in [3.8, 4) is 5.75 Å². The highest BCUT2D eigenvalue weighted by atomic mass is 16.6. The van der Waals surface area contributed by atoms with Gasteiger partial charge in [0.15, 0.2) is 0 Å². The Morgan fingerprint density at radius 1 is 1.02 bits per heavy atom. The van der Waals surface area contributed by atoms with Crippen LogP contribution in [0, 0.1) is 0 Å². The Morgan fingerprint density at radius 2 is 1.73 bits per heavy atom. The summed E-state index contributed by atoms with van der Waals surface area (Å²) < 4.78 is 11.5. The van der Waals surface area contributed by atoms with Crippen LogP contribution in [0.3, 0.4) is 0 Å². The fourth-order valence-corrected chi connectivity index (χ4v) is 4.74. The highest BCUT2D eigenvalue weighted by Crippen LogP contribution is 2.34. The number of rotatable bonds is 9. The van der Waals surface area contributed by atoms with Crippen LogP contribution in [0.1, 0.15) is 60.7 Å². The molecule has 0 radical (unpaired) electrons. The number of imide groups is 1. The Morgan fingerprint density at radius 3 is 2.40 bits per heavy atom. The minimum absolute atomic E-state index is 0.217. The van der Waals surface area contributed by atoms with Crippen molar-refractivity contribution >= 4 is 23.8 Å². The van der Waals surface area contributed by atoms with Gasteiger partial charge in [-0.1, -0.05) is 30.3 Å². The van der Waals surface area contributed by atoms with Gasteiger partial charge in [0.2, 0.25) is 11.8 Å². The molecule has 10 nitrogen and oxygen atoms in total. The van der Waals surface area contributed by atoms with Gasteiger partial charge >= 0.3 is 6.09 Å². The standard InChI is InChI=1S/C30H38N4O6/c1-30(2,3)40-29(38)33(5)16-15-32(4)17-20-9-11-21(12-10-20)19-39-25-8-6-7-22-23(25)18-34(28(22)37)24-13-14-26(35)31-27(24)36/h6-12,24H,13-19H2,1-5H3,(H,31,35,36). The maximum absolute atomic E-state index is 13.0. The molecule has 0 bridgehead atoms. The van der Waals surface area contributed by atoms with Crippen LogP contribution in [0.4, 0.5) is 4.79 Å². The number of carbonyl (C=O) groups is 4. The lowest BCUT2D eigenvalue weighted by Gasteiger charge is -2.29. The molecular weight excluding hydrogens is 512 g/mol. The first-order valence-corrected chi connectivity index (χ1v) is 13.5. The summed E-state index contributed by atoms with van der Waals surface area (Å²) >= 11 is 0. The van der Waals surface area contributed by atoms with E-state index in [9.17, 15) is 19.2 Å². The van der Waals surface area contributed by atoms with E-state index in [1.165, 1.54) is 4.90 Å². The number of nitrogens with one attached hydrogen (secondary N) is 1. The molecular formula is C30H38N4O6. The van der Waals surface area contributed by atoms with Crippen LogP contribution >= 0.6 is 0 Å². The van der Waals surface area contributed by atoms with Gasteiger partial charge in [0, 0.05) is 44.2 Å². The molecule has 2 aromatic rings. The van der Waals surface area contributed by atoms with E-state index in [0.29, 0.717) is 37.4 Å². The summed E-state index contributed by atoms with van der Waals surface area (Å²) in [6.07, 6.45) is 0.208. The number of nitrogens with zero attached hydrogens (tertiary/aromatic N) is 3. The third-order valence-corrected chi connectivity index (χ3v) is 6.93. The molecule has 1 saturated heterocycles. The molecule has 214 valence electrons. The van der Waals surface area contributed by atoms with Crippen molar-refractivity contribution in [3.05, 3.63) is 64.7 Å². The van der Waals surface area contributed by atoms with E-state index < -0.39 is 17.6 Å². The lowest BCUT2D eigenvalue weighted by molar-refractivity contribution is -0.136. The third-order valence-electron chi connectivity index (χ3n) is 6.93. The number of likely N-dealkylation sites (N-methyl/N-ethyl adjacent to an activating group) is 2. The van der Waals surface area contributed by atoms with Crippen LogP contribution < -0.4 is 10.1 Å². The predicted molar refractivity (Wildman–Crippen MR) is 148 cm³/mol. The summed E-state index contributed by atoms with van der Waals surface area (Å²) in [7, 11) is 3.75. The average Bonchev–Trinajstić information content (AvgIpc) is 3.22. The summed E-state index contributed by atoms with van der Waals surface area (Å²) in [5, 5.41) is 2.33. The first-order chi connectivity index (χ1) is 18.9. The van der Waals surface area contributed by atoms with E-state index in [1.54, 1.807) is 24.1 Å². The molecule has 2 aromatic carbocycles. The number of piperidine rings is 1. The monoisotopic (exact) mass is 550 g/mol. The van der Waals surface area contributed by atoms with Crippen LogP contribution in [-0.4, -0.2) is 77.3 Å². The Labute approximate surface area is 235 Å². The molecule has 0 saturated carbocycles. The summed E-state index contributed by atoms with van der Waals surface area (Å²) in [6.45, 7) is 8.15. The molecule has 2 aliphatic heterocycles. The smallest absolute Gasteiger partial charge is 0.410 e. The summed E-state index contributed by atoms with van der Waals surface area (Å²) in [4.78, 5) is 54.3. The first kappa shape index (κ1) is 29.1. The maximum Gasteiger partial charge on any atom is 0.410 e. The molecule has 0 aliphatic carbocycles. The van der Waals surface area contributed by atoms with E-state index in [-0.39, 0.29) is 30.9 Å². The lowest BCUT2D eigenvalue weighted by atomic mass is 10.0. The van der Waals surface area contributed by atoms with Crippen molar-refractivity contribution in [2.24, 2.45) is 0 Å². The second kappa shape index (κ2) is 12.1. The van der Waals surface area contributed by atoms with Crippen molar-refractivity contribution in [3.63, 3.8) is 0 Å². The SMILES string of the molecule is CN(CCN(C)C(=O)OC(C)(C)C)Cc1ccc(COc2cccc3c2CN(C2CCC(=O)NC2=O)C3=O)cc1. The fourth-order valence-electron chi connectivity index (χ4n) is 4.74. The van der Waals surface area contributed by atoms with E-state index in [0.717, 1.165) is 23.2 Å². The van der Waals surface area contributed by atoms with Gasteiger partial charge in [-0.15, -0.1) is 0 Å². The molecule has 0 spiro atoms. The molecule has 40 heavy (non-hydrogen) atoms. The molecule has 10 heteroatoms. The van der Waals surface area contributed by atoms with Gasteiger partial charge in [-0.3, -0.25) is 19.7 Å². The van der Waals surface area contributed by atoms with E-state index in [4.69, 9.17) is 9.47 Å². The van der Waals surface area contributed by atoms with Crippen molar-refractivity contribution in [1.82, 2.24) is 20.0 Å². The number of benzene rings is 2. The van der Waals surface area contributed by atoms with Crippen molar-refractivity contribution in [2.45, 2.75) is 65.0 Å². The van der Waals surface area contributed by atoms with Crippen molar-refractivity contribution < 1.29 is 28.7 Å². The maximum atomic E-state index is 13.0. The zero-order chi connectivity index (χ0) is 29.0. The van der Waals surface area contributed by atoms with Crippen LogP contribution in [0.5, 0.6) is 5.75 Å². The van der Waals surface area contributed by atoms with Crippen LogP contribution in [0.15, 0.2) is 42.5 Å². The molecule has 2 heterocycles. The van der Waals surface area contributed by atoms with E-state index in [2.05, 4.69) is 22.3 Å². The van der Waals surface area contributed by atoms with Gasteiger partial charge in [0.1, 0.15) is 24.0 Å². The highest BCUT2D eigenvalue weighted by Gasteiger charge is 2.40. The second-order valence-corrected chi connectivity index (χ2v) is 11.4. The molecule has 1 N–H and O–H groups in total. The highest BCUT2D eigenvalue weighted by molar-refractivity contribution is 6.05. The molecule has 0 aromatic heterocycles. The number of ether oxygens (including phenoxy) is 2. The van der Waals surface area contributed by atoms with Crippen molar-refractivity contribution in [2.75, 3.05) is 27.2 Å². The first-order valence-electron chi connectivity index (χ1n) is 13.5. The minimum Gasteiger partial charge on any atom is -0.489 e. The number of hydrogen-bond donors (Lipinski definition) is 1. The number of hydrogen-bond acceptors (Lipinski definition) is 7. The Kier molecular flexibility index (Phi) is 8.78. The summed E-state index contributed by atoms with van der Waals surface area (Å²) in [6, 6.07) is 12.8. The summed E-state index contributed by atoms with van der Waals surface area (Å²) in [5.74, 6) is -0.349. The molecule has 1 fully saturated rings. The average molecular weight is 551 g/mol. The normalized spacial score (nSPS) is 17.1. The Balaban J connectivity index is 1.29. The van der Waals surface area contributed by atoms with Gasteiger partial charge in [-0.25, -0.2) is 4.79 Å². The third kappa shape index (κ3) is 7.18. The van der Waals surface area contributed by atoms with Gasteiger partial charge in [-0.2, -0.15) is 0 Å².